The standard InChI is InChI=1S/C10H11IN2O2/c11-8-5-9(12-14)7-10(6-8)13-1-3-15-4-2-13/h5-7H,1-4H2. The molecule has 0 unspecified atom stereocenters. The van der Waals surface area contributed by atoms with Gasteiger partial charge in [-0.15, -0.1) is 4.91 Å². The van der Waals surface area contributed by atoms with Gasteiger partial charge in [0.2, 0.25) is 0 Å². The van der Waals surface area contributed by atoms with Gasteiger partial charge in [-0.25, -0.2) is 0 Å². The lowest BCUT2D eigenvalue weighted by atomic mass is 10.2. The van der Waals surface area contributed by atoms with E-state index < -0.39 is 0 Å². The summed E-state index contributed by atoms with van der Waals surface area (Å²) < 4.78 is 6.31. The van der Waals surface area contributed by atoms with Gasteiger partial charge in [0, 0.05) is 22.3 Å². The van der Waals surface area contributed by atoms with Crippen molar-refractivity contribution in [1.29, 1.82) is 0 Å². The van der Waals surface area contributed by atoms with Crippen LogP contribution < -0.4 is 4.90 Å². The van der Waals surface area contributed by atoms with Gasteiger partial charge in [-0.05, 0) is 46.0 Å². The van der Waals surface area contributed by atoms with E-state index in [9.17, 15) is 4.91 Å². The Labute approximate surface area is 102 Å². The Kier molecular flexibility index (Phi) is 3.53. The molecule has 0 radical (unpaired) electrons. The average Bonchev–Trinajstić information content (AvgIpc) is 2.29. The first-order valence-electron chi connectivity index (χ1n) is 4.76. The SMILES string of the molecule is O=Nc1cc(I)cc(N2CCOCC2)c1. The van der Waals surface area contributed by atoms with E-state index in [1.165, 1.54) is 0 Å². The summed E-state index contributed by atoms with van der Waals surface area (Å²) in [7, 11) is 0. The molecule has 1 aromatic carbocycles. The maximum atomic E-state index is 10.5. The van der Waals surface area contributed by atoms with Crippen LogP contribution in [0.25, 0.3) is 0 Å². The zero-order valence-electron chi connectivity index (χ0n) is 8.15. The second kappa shape index (κ2) is 4.89. The van der Waals surface area contributed by atoms with E-state index in [0.29, 0.717) is 5.69 Å². The van der Waals surface area contributed by atoms with Crippen molar-refractivity contribution in [2.45, 2.75) is 0 Å². The van der Waals surface area contributed by atoms with Crippen LogP contribution in [0.1, 0.15) is 0 Å². The van der Waals surface area contributed by atoms with Crippen LogP contribution in [0.4, 0.5) is 11.4 Å². The highest BCUT2D eigenvalue weighted by atomic mass is 127. The van der Waals surface area contributed by atoms with Gasteiger partial charge in [0.15, 0.2) is 0 Å². The number of hydrogen-bond acceptors (Lipinski definition) is 4. The molecule has 80 valence electrons. The van der Waals surface area contributed by atoms with Crippen LogP contribution in [0.2, 0.25) is 0 Å². The van der Waals surface area contributed by atoms with E-state index in [0.717, 1.165) is 35.6 Å². The average molecular weight is 318 g/mol. The number of benzene rings is 1. The van der Waals surface area contributed by atoms with Crippen LogP contribution in [0.3, 0.4) is 0 Å². The molecule has 5 heteroatoms. The molecule has 0 bridgehead atoms. The zero-order chi connectivity index (χ0) is 10.7. The maximum absolute atomic E-state index is 10.5. The Morgan fingerprint density at radius 3 is 2.67 bits per heavy atom. The highest BCUT2D eigenvalue weighted by Crippen LogP contribution is 2.25. The van der Waals surface area contributed by atoms with Crippen LogP contribution in [0, 0.1) is 8.48 Å². The van der Waals surface area contributed by atoms with Crippen LogP contribution in [-0.4, -0.2) is 26.3 Å². The highest BCUT2D eigenvalue weighted by molar-refractivity contribution is 14.1. The minimum absolute atomic E-state index is 0.489. The van der Waals surface area contributed by atoms with Crippen molar-refractivity contribution in [1.82, 2.24) is 0 Å². The summed E-state index contributed by atoms with van der Waals surface area (Å²) in [6.45, 7) is 3.24. The molecule has 1 aromatic rings. The van der Waals surface area contributed by atoms with Gasteiger partial charge in [0.1, 0.15) is 5.69 Å². The molecule has 0 amide bonds. The molecule has 0 atom stereocenters. The van der Waals surface area contributed by atoms with Crippen LogP contribution in [-0.2, 0) is 4.74 Å². The normalized spacial score (nSPS) is 16.5. The summed E-state index contributed by atoms with van der Waals surface area (Å²) in [4.78, 5) is 12.7. The molecule has 0 spiro atoms. The fourth-order valence-corrected chi connectivity index (χ4v) is 2.25. The van der Waals surface area contributed by atoms with E-state index in [4.69, 9.17) is 4.74 Å². The lowest BCUT2D eigenvalue weighted by Crippen LogP contribution is -2.36. The number of ether oxygens (including phenoxy) is 1. The molecule has 1 aliphatic rings. The number of morpholine rings is 1. The largest absolute Gasteiger partial charge is 0.378 e. The predicted molar refractivity (Wildman–Crippen MR) is 67.6 cm³/mol. The Bertz CT molecular complexity index is 364. The molecule has 15 heavy (non-hydrogen) atoms. The topological polar surface area (TPSA) is 41.9 Å². The molecule has 1 heterocycles. The monoisotopic (exact) mass is 318 g/mol. The number of halogens is 1. The lowest BCUT2D eigenvalue weighted by Gasteiger charge is -2.29. The van der Waals surface area contributed by atoms with Crippen molar-refractivity contribution in [3.05, 3.63) is 26.7 Å². The van der Waals surface area contributed by atoms with E-state index in [2.05, 4.69) is 38.7 Å². The molecule has 0 aliphatic carbocycles. The number of nitroso groups, excluding NO2 is 1. The summed E-state index contributed by atoms with van der Waals surface area (Å²) >= 11 is 2.19. The van der Waals surface area contributed by atoms with Crippen LogP contribution in [0.5, 0.6) is 0 Å². The fourth-order valence-electron chi connectivity index (χ4n) is 1.62. The van der Waals surface area contributed by atoms with Crippen molar-refractivity contribution >= 4 is 34.0 Å². The minimum Gasteiger partial charge on any atom is -0.378 e. The Balaban J connectivity index is 2.25. The van der Waals surface area contributed by atoms with Gasteiger partial charge in [-0.1, -0.05) is 0 Å². The highest BCUT2D eigenvalue weighted by Gasteiger charge is 2.12. The van der Waals surface area contributed by atoms with Gasteiger partial charge in [-0.2, -0.15) is 0 Å². The third-order valence-corrected chi connectivity index (χ3v) is 2.97. The Hall–Kier alpha value is -0.690. The van der Waals surface area contributed by atoms with Gasteiger partial charge >= 0.3 is 0 Å². The minimum atomic E-state index is 0.489. The van der Waals surface area contributed by atoms with Gasteiger partial charge in [-0.3, -0.25) is 0 Å². The van der Waals surface area contributed by atoms with E-state index in [-0.39, 0.29) is 0 Å². The fraction of sp³-hybridized carbons (Fsp3) is 0.400. The lowest BCUT2D eigenvalue weighted by molar-refractivity contribution is 0.122. The second-order valence-corrected chi connectivity index (χ2v) is 4.60. The van der Waals surface area contributed by atoms with E-state index in [1.807, 2.05) is 6.07 Å². The number of hydrogen-bond donors (Lipinski definition) is 0. The van der Waals surface area contributed by atoms with Crippen molar-refractivity contribution in [3.63, 3.8) is 0 Å². The molecular weight excluding hydrogens is 307 g/mol. The van der Waals surface area contributed by atoms with Gasteiger partial charge < -0.3 is 9.64 Å². The van der Waals surface area contributed by atoms with Crippen LogP contribution in [0.15, 0.2) is 23.4 Å². The van der Waals surface area contributed by atoms with Gasteiger partial charge in [0.25, 0.3) is 0 Å². The van der Waals surface area contributed by atoms with Crippen molar-refractivity contribution < 1.29 is 4.74 Å². The summed E-state index contributed by atoms with van der Waals surface area (Å²) in [5, 5.41) is 2.97. The molecule has 1 aliphatic heterocycles. The molecule has 1 fully saturated rings. The summed E-state index contributed by atoms with van der Waals surface area (Å²) in [5.74, 6) is 0. The van der Waals surface area contributed by atoms with E-state index in [1.54, 1.807) is 6.07 Å². The summed E-state index contributed by atoms with van der Waals surface area (Å²) in [6.07, 6.45) is 0. The van der Waals surface area contributed by atoms with E-state index >= 15 is 0 Å². The predicted octanol–water partition coefficient (Wildman–Crippen LogP) is 2.53. The maximum Gasteiger partial charge on any atom is 0.111 e. The summed E-state index contributed by atoms with van der Waals surface area (Å²) in [5.41, 5.74) is 1.54. The zero-order valence-corrected chi connectivity index (χ0v) is 10.3. The molecule has 4 nitrogen and oxygen atoms in total. The molecule has 0 N–H and O–H groups in total. The third-order valence-electron chi connectivity index (χ3n) is 2.35. The third kappa shape index (κ3) is 2.66. The first-order valence-corrected chi connectivity index (χ1v) is 5.84. The number of nitrogens with zero attached hydrogens (tertiary/aromatic N) is 2. The smallest absolute Gasteiger partial charge is 0.111 e. The number of anilines is 1. The van der Waals surface area contributed by atoms with Crippen LogP contribution >= 0.6 is 22.6 Å². The Morgan fingerprint density at radius 2 is 2.00 bits per heavy atom. The first-order chi connectivity index (χ1) is 7.29. The quantitative estimate of drug-likeness (QED) is 0.622. The molecular formula is C10H11IN2O2. The number of rotatable bonds is 2. The molecule has 1 saturated heterocycles. The molecule has 2 rings (SSSR count). The van der Waals surface area contributed by atoms with Crippen molar-refractivity contribution in [3.8, 4) is 0 Å². The van der Waals surface area contributed by atoms with Crippen molar-refractivity contribution in [2.75, 3.05) is 31.2 Å². The first kappa shape index (κ1) is 10.8. The Morgan fingerprint density at radius 1 is 1.27 bits per heavy atom. The molecule has 0 aromatic heterocycles. The van der Waals surface area contributed by atoms with Crippen molar-refractivity contribution in [2.24, 2.45) is 5.18 Å². The summed E-state index contributed by atoms with van der Waals surface area (Å²) in [6, 6.07) is 5.65. The second-order valence-electron chi connectivity index (χ2n) is 3.36. The molecule has 0 saturated carbocycles. The van der Waals surface area contributed by atoms with Gasteiger partial charge in [0.05, 0.1) is 13.2 Å².